The van der Waals surface area contributed by atoms with Crippen LogP contribution in [0.2, 0.25) is 0 Å². The fourth-order valence-electron chi connectivity index (χ4n) is 2.76. The number of hydrogen-bond acceptors (Lipinski definition) is 2. The summed E-state index contributed by atoms with van der Waals surface area (Å²) < 4.78 is 0. The van der Waals surface area contributed by atoms with Gasteiger partial charge in [-0.1, -0.05) is 29.8 Å². The van der Waals surface area contributed by atoms with Gasteiger partial charge in [-0.2, -0.15) is 0 Å². The maximum absolute atomic E-state index is 12.6. The van der Waals surface area contributed by atoms with Crippen molar-refractivity contribution in [1.82, 2.24) is 4.90 Å². The number of fused-ring (bicyclic) bond motifs is 1. The SMILES string of the molecule is Cc1ccc2c(c1)C(=O)N(Cc1ccc(C(=O)O)cc1)CC2. The van der Waals surface area contributed by atoms with Crippen LogP contribution in [0.15, 0.2) is 42.5 Å². The van der Waals surface area contributed by atoms with Crippen LogP contribution in [-0.2, 0) is 13.0 Å². The average molecular weight is 295 g/mol. The molecule has 0 atom stereocenters. The molecule has 0 fully saturated rings. The molecule has 1 aliphatic rings. The van der Waals surface area contributed by atoms with Crippen molar-refractivity contribution in [2.45, 2.75) is 19.9 Å². The third kappa shape index (κ3) is 2.72. The lowest BCUT2D eigenvalue weighted by atomic mass is 9.96. The second-order valence-corrected chi connectivity index (χ2v) is 5.64. The first-order valence-corrected chi connectivity index (χ1v) is 7.25. The van der Waals surface area contributed by atoms with Gasteiger partial charge >= 0.3 is 5.97 Å². The third-order valence-corrected chi connectivity index (χ3v) is 4.01. The van der Waals surface area contributed by atoms with Crippen molar-refractivity contribution in [3.8, 4) is 0 Å². The Morgan fingerprint density at radius 3 is 2.59 bits per heavy atom. The smallest absolute Gasteiger partial charge is 0.335 e. The highest BCUT2D eigenvalue weighted by Gasteiger charge is 2.24. The van der Waals surface area contributed by atoms with Crippen LogP contribution in [-0.4, -0.2) is 28.4 Å². The molecule has 0 saturated carbocycles. The number of carbonyl (C=O) groups is 2. The molecule has 2 aromatic carbocycles. The van der Waals surface area contributed by atoms with Gasteiger partial charge in [0, 0.05) is 18.7 Å². The fourth-order valence-corrected chi connectivity index (χ4v) is 2.76. The van der Waals surface area contributed by atoms with Gasteiger partial charge in [-0.05, 0) is 42.7 Å². The van der Waals surface area contributed by atoms with Crippen molar-refractivity contribution in [2.75, 3.05) is 6.54 Å². The molecule has 0 aliphatic carbocycles. The Kier molecular flexibility index (Phi) is 3.67. The molecule has 3 rings (SSSR count). The van der Waals surface area contributed by atoms with Gasteiger partial charge in [0.05, 0.1) is 5.56 Å². The number of hydrogen-bond donors (Lipinski definition) is 1. The van der Waals surface area contributed by atoms with Crippen molar-refractivity contribution in [2.24, 2.45) is 0 Å². The molecule has 4 heteroatoms. The van der Waals surface area contributed by atoms with E-state index in [-0.39, 0.29) is 11.5 Å². The topological polar surface area (TPSA) is 57.6 Å². The van der Waals surface area contributed by atoms with E-state index < -0.39 is 5.97 Å². The second-order valence-electron chi connectivity index (χ2n) is 5.64. The number of carbonyl (C=O) groups excluding carboxylic acids is 1. The Morgan fingerprint density at radius 2 is 1.91 bits per heavy atom. The summed E-state index contributed by atoms with van der Waals surface area (Å²) in [5.74, 6) is -0.891. The summed E-state index contributed by atoms with van der Waals surface area (Å²) in [6.45, 7) is 3.18. The molecule has 1 N–H and O–H groups in total. The Balaban J connectivity index is 1.79. The number of aromatic carboxylic acids is 1. The van der Waals surface area contributed by atoms with Crippen LogP contribution in [0, 0.1) is 6.92 Å². The Hall–Kier alpha value is -2.62. The molecular weight excluding hydrogens is 278 g/mol. The van der Waals surface area contributed by atoms with Crippen LogP contribution in [0.5, 0.6) is 0 Å². The molecule has 2 aromatic rings. The minimum absolute atomic E-state index is 0.0484. The van der Waals surface area contributed by atoms with Crippen molar-refractivity contribution < 1.29 is 14.7 Å². The minimum Gasteiger partial charge on any atom is -0.478 e. The molecule has 0 radical (unpaired) electrons. The van der Waals surface area contributed by atoms with Crippen LogP contribution in [0.3, 0.4) is 0 Å². The summed E-state index contributed by atoms with van der Waals surface area (Å²) in [4.78, 5) is 25.3. The quantitative estimate of drug-likeness (QED) is 0.947. The molecule has 0 spiro atoms. The molecule has 1 aliphatic heterocycles. The van der Waals surface area contributed by atoms with Gasteiger partial charge in [0.15, 0.2) is 0 Å². The van der Waals surface area contributed by atoms with E-state index >= 15 is 0 Å². The Morgan fingerprint density at radius 1 is 1.18 bits per heavy atom. The number of carboxylic acid groups (broad SMARTS) is 1. The van der Waals surface area contributed by atoms with Crippen molar-refractivity contribution in [1.29, 1.82) is 0 Å². The molecule has 0 unspecified atom stereocenters. The average Bonchev–Trinajstić information content (AvgIpc) is 2.51. The van der Waals surface area contributed by atoms with Crippen LogP contribution in [0.1, 0.15) is 37.4 Å². The molecule has 1 amide bonds. The van der Waals surface area contributed by atoms with Gasteiger partial charge in [-0.15, -0.1) is 0 Å². The van der Waals surface area contributed by atoms with Crippen LogP contribution in [0.4, 0.5) is 0 Å². The summed E-state index contributed by atoms with van der Waals surface area (Å²) in [7, 11) is 0. The molecule has 112 valence electrons. The van der Waals surface area contributed by atoms with Crippen LogP contribution < -0.4 is 0 Å². The number of aryl methyl sites for hydroxylation is 1. The highest BCUT2D eigenvalue weighted by atomic mass is 16.4. The predicted octanol–water partition coefficient (Wildman–Crippen LogP) is 2.89. The van der Waals surface area contributed by atoms with Gasteiger partial charge < -0.3 is 10.0 Å². The third-order valence-electron chi connectivity index (χ3n) is 4.01. The monoisotopic (exact) mass is 295 g/mol. The summed E-state index contributed by atoms with van der Waals surface area (Å²) >= 11 is 0. The number of rotatable bonds is 3. The lowest BCUT2D eigenvalue weighted by molar-refractivity contribution is 0.0693. The fraction of sp³-hybridized carbons (Fsp3) is 0.222. The lowest BCUT2D eigenvalue weighted by Crippen LogP contribution is -2.37. The first kappa shape index (κ1) is 14.3. The summed E-state index contributed by atoms with van der Waals surface area (Å²) in [6, 6.07) is 12.7. The molecule has 0 aromatic heterocycles. The zero-order valence-corrected chi connectivity index (χ0v) is 12.4. The van der Waals surface area contributed by atoms with E-state index in [4.69, 9.17) is 5.11 Å². The lowest BCUT2D eigenvalue weighted by Gasteiger charge is -2.29. The van der Waals surface area contributed by atoms with Gasteiger partial charge in [0.1, 0.15) is 0 Å². The molecule has 0 saturated heterocycles. The van der Waals surface area contributed by atoms with Gasteiger partial charge in [-0.3, -0.25) is 4.79 Å². The van der Waals surface area contributed by atoms with Gasteiger partial charge in [0.2, 0.25) is 0 Å². The van der Waals surface area contributed by atoms with E-state index in [0.717, 1.165) is 28.7 Å². The molecule has 4 nitrogen and oxygen atoms in total. The minimum atomic E-state index is -0.940. The number of benzene rings is 2. The second kappa shape index (κ2) is 5.64. The predicted molar refractivity (Wildman–Crippen MR) is 83.0 cm³/mol. The number of nitrogens with zero attached hydrogens (tertiary/aromatic N) is 1. The van der Waals surface area contributed by atoms with E-state index in [0.29, 0.717) is 13.1 Å². The van der Waals surface area contributed by atoms with Crippen molar-refractivity contribution >= 4 is 11.9 Å². The van der Waals surface area contributed by atoms with E-state index in [1.165, 1.54) is 0 Å². The van der Waals surface area contributed by atoms with E-state index in [9.17, 15) is 9.59 Å². The normalized spacial score (nSPS) is 13.9. The first-order valence-electron chi connectivity index (χ1n) is 7.25. The van der Waals surface area contributed by atoms with Gasteiger partial charge in [-0.25, -0.2) is 4.79 Å². The molecule has 1 heterocycles. The largest absolute Gasteiger partial charge is 0.478 e. The summed E-state index contributed by atoms with van der Waals surface area (Å²) in [6.07, 6.45) is 0.856. The van der Waals surface area contributed by atoms with Crippen molar-refractivity contribution in [3.05, 3.63) is 70.3 Å². The van der Waals surface area contributed by atoms with Gasteiger partial charge in [0.25, 0.3) is 5.91 Å². The molecule has 22 heavy (non-hydrogen) atoms. The van der Waals surface area contributed by atoms with E-state index in [1.54, 1.807) is 24.3 Å². The zero-order valence-electron chi connectivity index (χ0n) is 12.4. The zero-order chi connectivity index (χ0) is 15.7. The van der Waals surface area contributed by atoms with Crippen LogP contribution in [0.25, 0.3) is 0 Å². The van der Waals surface area contributed by atoms with Crippen LogP contribution >= 0.6 is 0 Å². The summed E-state index contributed by atoms with van der Waals surface area (Å²) in [5.41, 5.74) is 4.17. The highest BCUT2D eigenvalue weighted by Crippen LogP contribution is 2.22. The Labute approximate surface area is 129 Å². The highest BCUT2D eigenvalue weighted by molar-refractivity contribution is 5.97. The molecular formula is C18H17NO3. The van der Waals surface area contributed by atoms with Crippen molar-refractivity contribution in [3.63, 3.8) is 0 Å². The molecule has 0 bridgehead atoms. The maximum atomic E-state index is 12.6. The Bertz CT molecular complexity index is 734. The first-order chi connectivity index (χ1) is 10.5. The maximum Gasteiger partial charge on any atom is 0.335 e. The standard InChI is InChI=1S/C18H17NO3/c1-12-2-5-14-8-9-19(17(20)16(14)10-12)11-13-3-6-15(7-4-13)18(21)22/h2-7,10H,8-9,11H2,1H3,(H,21,22). The van der Waals surface area contributed by atoms with E-state index in [2.05, 4.69) is 0 Å². The van der Waals surface area contributed by atoms with E-state index in [1.807, 2.05) is 30.0 Å². The number of amides is 1. The number of carboxylic acids is 1. The summed E-state index contributed by atoms with van der Waals surface area (Å²) in [5, 5.41) is 8.91.